The monoisotopic (exact) mass is 343 g/mol. The Balaban J connectivity index is 2.58. The van der Waals surface area contributed by atoms with Crippen LogP contribution in [0.5, 0.6) is 0 Å². The Labute approximate surface area is 124 Å². The van der Waals surface area contributed by atoms with Gasteiger partial charge in [-0.1, -0.05) is 23.8 Å². The van der Waals surface area contributed by atoms with Crippen molar-refractivity contribution in [3.8, 4) is 5.69 Å². The van der Waals surface area contributed by atoms with Gasteiger partial charge in [0.2, 0.25) is 0 Å². The third kappa shape index (κ3) is 2.30. The molecule has 0 aliphatic heterocycles. The first-order valence-corrected chi connectivity index (χ1v) is 6.81. The van der Waals surface area contributed by atoms with Gasteiger partial charge in [0.05, 0.1) is 26.6 Å². The molecule has 18 heavy (non-hydrogen) atoms. The molecule has 0 atom stereocenters. The number of nitrogens with zero attached hydrogens (tertiary/aromatic N) is 2. The smallest absolute Gasteiger partial charge is 0.104 e. The van der Waals surface area contributed by atoms with Crippen molar-refractivity contribution in [1.82, 2.24) is 9.78 Å². The molecule has 0 saturated heterocycles. The summed E-state index contributed by atoms with van der Waals surface area (Å²) < 4.78 is 2.78. The number of hydrogen-bond donors (Lipinski definition) is 1. The van der Waals surface area contributed by atoms with Crippen LogP contribution in [-0.2, 0) is 0 Å². The van der Waals surface area contributed by atoms with Gasteiger partial charge in [-0.15, -0.1) is 0 Å². The van der Waals surface area contributed by atoms with Crippen molar-refractivity contribution >= 4 is 44.7 Å². The number of aromatic nitrogens is 2. The van der Waals surface area contributed by atoms with Gasteiger partial charge in [0.25, 0.3) is 0 Å². The molecule has 0 spiro atoms. The molecule has 2 N–H and O–H groups in total. The zero-order valence-corrected chi connectivity index (χ0v) is 13.0. The normalized spacial score (nSPS) is 10.7. The maximum Gasteiger partial charge on any atom is 0.104 e. The zero-order chi connectivity index (χ0) is 13.4. The summed E-state index contributed by atoms with van der Waals surface area (Å²) in [5.74, 6) is 0. The number of hydrogen-bond acceptors (Lipinski definition) is 2. The molecule has 0 amide bonds. The lowest BCUT2D eigenvalue weighted by Gasteiger charge is -2.08. The summed E-state index contributed by atoms with van der Waals surface area (Å²) in [5.41, 5.74) is 9.05. The fourth-order valence-electron chi connectivity index (χ4n) is 1.69. The fraction of sp³-hybridized carbons (Fsp3) is 0.167. The van der Waals surface area contributed by atoms with Crippen molar-refractivity contribution < 1.29 is 0 Å². The Bertz CT molecular complexity index is 636. The summed E-state index contributed by atoms with van der Waals surface area (Å²) in [5, 5.41) is 5.00. The van der Waals surface area contributed by atoms with Crippen molar-refractivity contribution in [1.29, 1.82) is 0 Å². The maximum atomic E-state index is 6.25. The van der Waals surface area contributed by atoms with Gasteiger partial charge in [0.1, 0.15) is 4.99 Å². The lowest BCUT2D eigenvalue weighted by Crippen LogP contribution is -2.10. The van der Waals surface area contributed by atoms with Crippen LogP contribution in [0.1, 0.15) is 17.0 Å². The average Bonchev–Trinajstić information content (AvgIpc) is 2.57. The van der Waals surface area contributed by atoms with Crippen LogP contribution < -0.4 is 5.73 Å². The van der Waals surface area contributed by atoms with E-state index < -0.39 is 0 Å². The van der Waals surface area contributed by atoms with E-state index in [1.54, 1.807) is 10.7 Å². The van der Waals surface area contributed by atoms with Gasteiger partial charge in [-0.25, -0.2) is 4.68 Å². The SMILES string of the molecule is Cc1nn(-c2ccc(C(N)=S)cc2Cl)c(C)c1Br. The third-order valence-electron chi connectivity index (χ3n) is 2.66. The summed E-state index contributed by atoms with van der Waals surface area (Å²) >= 11 is 14.7. The second-order valence-electron chi connectivity index (χ2n) is 3.93. The van der Waals surface area contributed by atoms with Crippen molar-refractivity contribution in [2.24, 2.45) is 5.73 Å². The number of nitrogens with two attached hydrogens (primary N) is 1. The Hall–Kier alpha value is -0.910. The summed E-state index contributed by atoms with van der Waals surface area (Å²) in [6, 6.07) is 5.46. The van der Waals surface area contributed by atoms with E-state index in [-0.39, 0.29) is 0 Å². The highest BCUT2D eigenvalue weighted by Crippen LogP contribution is 2.27. The maximum absolute atomic E-state index is 6.25. The standard InChI is InChI=1S/C12H11BrClN3S/c1-6-11(13)7(2)17(16-6)10-4-3-8(12(15)18)5-9(10)14/h3-5H,1-2H3,(H2,15,18). The second-order valence-corrected chi connectivity index (χ2v) is 5.57. The lowest BCUT2D eigenvalue weighted by atomic mass is 10.2. The lowest BCUT2D eigenvalue weighted by molar-refractivity contribution is 0.833. The number of benzene rings is 1. The highest BCUT2D eigenvalue weighted by atomic mass is 79.9. The predicted molar refractivity (Wildman–Crippen MR) is 81.6 cm³/mol. The molecule has 1 aromatic heterocycles. The van der Waals surface area contributed by atoms with E-state index in [0.29, 0.717) is 10.0 Å². The molecule has 6 heteroatoms. The van der Waals surface area contributed by atoms with E-state index in [4.69, 9.17) is 29.6 Å². The summed E-state index contributed by atoms with van der Waals surface area (Å²) in [4.78, 5) is 0.331. The van der Waals surface area contributed by atoms with Gasteiger partial charge in [-0.2, -0.15) is 5.10 Å². The number of aryl methyl sites for hydroxylation is 1. The highest BCUT2D eigenvalue weighted by molar-refractivity contribution is 9.10. The first kappa shape index (κ1) is 13.5. The predicted octanol–water partition coefficient (Wildman–Crippen LogP) is 3.54. The molecule has 0 bridgehead atoms. The minimum absolute atomic E-state index is 0.331. The minimum atomic E-state index is 0.331. The van der Waals surface area contributed by atoms with Crippen molar-refractivity contribution in [3.05, 3.63) is 44.6 Å². The summed E-state index contributed by atoms with van der Waals surface area (Å²) in [6.45, 7) is 3.91. The van der Waals surface area contributed by atoms with Crippen LogP contribution in [0.2, 0.25) is 5.02 Å². The number of rotatable bonds is 2. The molecule has 1 heterocycles. The van der Waals surface area contributed by atoms with E-state index in [9.17, 15) is 0 Å². The first-order valence-electron chi connectivity index (χ1n) is 5.23. The van der Waals surface area contributed by atoms with E-state index in [1.165, 1.54) is 0 Å². The van der Waals surface area contributed by atoms with Crippen LogP contribution in [0, 0.1) is 13.8 Å². The molecule has 0 aliphatic carbocycles. The molecular weight excluding hydrogens is 334 g/mol. The summed E-state index contributed by atoms with van der Waals surface area (Å²) in [6.07, 6.45) is 0. The van der Waals surface area contributed by atoms with Crippen LogP contribution in [-0.4, -0.2) is 14.8 Å². The zero-order valence-electron chi connectivity index (χ0n) is 9.87. The molecule has 2 aromatic rings. The molecule has 94 valence electrons. The van der Waals surface area contributed by atoms with Gasteiger partial charge >= 0.3 is 0 Å². The highest BCUT2D eigenvalue weighted by Gasteiger charge is 2.13. The Morgan fingerprint density at radius 1 is 1.44 bits per heavy atom. The topological polar surface area (TPSA) is 43.8 Å². The van der Waals surface area contributed by atoms with Gasteiger partial charge in [0, 0.05) is 5.56 Å². The van der Waals surface area contributed by atoms with Crippen LogP contribution in [0.15, 0.2) is 22.7 Å². The van der Waals surface area contributed by atoms with Crippen LogP contribution in [0.3, 0.4) is 0 Å². The molecule has 1 aromatic carbocycles. The van der Waals surface area contributed by atoms with Crippen LogP contribution >= 0.6 is 39.7 Å². The van der Waals surface area contributed by atoms with E-state index in [1.807, 2.05) is 26.0 Å². The van der Waals surface area contributed by atoms with Crippen LogP contribution in [0.25, 0.3) is 5.69 Å². The number of thiocarbonyl (C=S) groups is 1. The van der Waals surface area contributed by atoms with Crippen LogP contribution in [0.4, 0.5) is 0 Å². The minimum Gasteiger partial charge on any atom is -0.389 e. The van der Waals surface area contributed by atoms with Crippen molar-refractivity contribution in [3.63, 3.8) is 0 Å². The molecule has 0 aliphatic rings. The second kappa shape index (κ2) is 4.99. The molecule has 2 rings (SSSR count). The molecule has 0 fully saturated rings. The molecular formula is C12H11BrClN3S. The van der Waals surface area contributed by atoms with Gasteiger partial charge in [-0.05, 0) is 48.0 Å². The summed E-state index contributed by atoms with van der Waals surface area (Å²) in [7, 11) is 0. The molecule has 0 unspecified atom stereocenters. The first-order chi connectivity index (χ1) is 8.41. The average molecular weight is 345 g/mol. The molecule has 0 saturated carbocycles. The quantitative estimate of drug-likeness (QED) is 0.848. The van der Waals surface area contributed by atoms with E-state index in [2.05, 4.69) is 21.0 Å². The van der Waals surface area contributed by atoms with Crippen molar-refractivity contribution in [2.75, 3.05) is 0 Å². The molecule has 0 radical (unpaired) electrons. The Morgan fingerprint density at radius 2 is 2.11 bits per heavy atom. The van der Waals surface area contributed by atoms with Gasteiger partial charge in [0.15, 0.2) is 0 Å². The fourth-order valence-corrected chi connectivity index (χ4v) is 2.32. The third-order valence-corrected chi connectivity index (χ3v) is 4.35. The number of halogens is 2. The van der Waals surface area contributed by atoms with Gasteiger partial charge < -0.3 is 5.73 Å². The largest absolute Gasteiger partial charge is 0.389 e. The van der Waals surface area contributed by atoms with Gasteiger partial charge in [-0.3, -0.25) is 0 Å². The van der Waals surface area contributed by atoms with E-state index >= 15 is 0 Å². The van der Waals surface area contributed by atoms with E-state index in [0.717, 1.165) is 27.1 Å². The molecule has 3 nitrogen and oxygen atoms in total. The Kier molecular flexibility index (Phi) is 3.75. The Morgan fingerprint density at radius 3 is 2.56 bits per heavy atom. The van der Waals surface area contributed by atoms with Crippen molar-refractivity contribution in [2.45, 2.75) is 13.8 Å².